The zero-order chi connectivity index (χ0) is 8.97. The van der Waals surface area contributed by atoms with E-state index in [9.17, 15) is 4.79 Å². The number of primary amides is 1. The summed E-state index contributed by atoms with van der Waals surface area (Å²) in [6.45, 7) is 0. The van der Waals surface area contributed by atoms with Gasteiger partial charge < -0.3 is 5.73 Å². The van der Waals surface area contributed by atoms with Crippen molar-refractivity contribution in [2.24, 2.45) is 5.73 Å². The van der Waals surface area contributed by atoms with E-state index < -0.39 is 0 Å². The van der Waals surface area contributed by atoms with Crippen molar-refractivity contribution in [3.8, 4) is 0 Å². The van der Waals surface area contributed by atoms with Crippen molar-refractivity contribution in [1.82, 2.24) is 0 Å². The SMILES string of the molecule is Bc1ccc(CCC(N)=O)cc1. The predicted octanol–water partition coefficient (Wildman–Crippen LogP) is -0.637. The highest BCUT2D eigenvalue weighted by Crippen LogP contribution is 1.99. The second-order valence-corrected chi connectivity index (χ2v) is 2.95. The molecule has 0 unspecified atom stereocenters. The molecular formula is C9H12BNO. The van der Waals surface area contributed by atoms with Crippen molar-refractivity contribution in [2.75, 3.05) is 0 Å². The maximum atomic E-state index is 10.5. The van der Waals surface area contributed by atoms with Crippen molar-refractivity contribution >= 4 is 19.2 Å². The molecule has 0 atom stereocenters. The van der Waals surface area contributed by atoms with Gasteiger partial charge in [0.15, 0.2) is 0 Å². The van der Waals surface area contributed by atoms with Crippen LogP contribution in [0.1, 0.15) is 12.0 Å². The number of amides is 1. The smallest absolute Gasteiger partial charge is 0.217 e. The number of nitrogens with two attached hydrogens (primary N) is 1. The molecule has 1 amide bonds. The van der Waals surface area contributed by atoms with E-state index in [1.807, 2.05) is 32.1 Å². The fourth-order valence-electron chi connectivity index (χ4n) is 1.02. The van der Waals surface area contributed by atoms with Crippen LogP contribution in [-0.2, 0) is 11.2 Å². The predicted molar refractivity (Wildman–Crippen MR) is 52.1 cm³/mol. The quantitative estimate of drug-likeness (QED) is 0.589. The Morgan fingerprint density at radius 3 is 2.42 bits per heavy atom. The molecule has 0 aliphatic rings. The molecule has 0 aliphatic heterocycles. The highest BCUT2D eigenvalue weighted by molar-refractivity contribution is 6.32. The molecule has 0 saturated heterocycles. The lowest BCUT2D eigenvalue weighted by atomic mass is 9.94. The molecule has 62 valence electrons. The Kier molecular flexibility index (Phi) is 2.91. The van der Waals surface area contributed by atoms with E-state index in [2.05, 4.69) is 0 Å². The van der Waals surface area contributed by atoms with Crippen molar-refractivity contribution in [3.63, 3.8) is 0 Å². The maximum absolute atomic E-state index is 10.5. The second-order valence-electron chi connectivity index (χ2n) is 2.95. The zero-order valence-corrected chi connectivity index (χ0v) is 7.21. The van der Waals surface area contributed by atoms with E-state index in [-0.39, 0.29) is 5.91 Å². The van der Waals surface area contributed by atoms with Crippen LogP contribution in [0.5, 0.6) is 0 Å². The minimum atomic E-state index is -0.240. The third kappa shape index (κ3) is 2.78. The minimum absolute atomic E-state index is 0.240. The van der Waals surface area contributed by atoms with Gasteiger partial charge in [-0.15, -0.1) is 0 Å². The molecule has 0 saturated carbocycles. The van der Waals surface area contributed by atoms with E-state index in [1.54, 1.807) is 0 Å². The first kappa shape index (κ1) is 8.85. The van der Waals surface area contributed by atoms with Gasteiger partial charge in [0, 0.05) is 6.42 Å². The lowest BCUT2D eigenvalue weighted by Gasteiger charge is -1.98. The summed E-state index contributed by atoms with van der Waals surface area (Å²) in [5.74, 6) is -0.240. The van der Waals surface area contributed by atoms with Gasteiger partial charge in [-0.2, -0.15) is 0 Å². The molecule has 2 N–H and O–H groups in total. The summed E-state index contributed by atoms with van der Waals surface area (Å²) in [5.41, 5.74) is 7.43. The fraction of sp³-hybridized carbons (Fsp3) is 0.222. The molecule has 3 heteroatoms. The van der Waals surface area contributed by atoms with E-state index >= 15 is 0 Å². The van der Waals surface area contributed by atoms with Crippen LogP contribution in [0.25, 0.3) is 0 Å². The standard InChI is InChI=1S/C9H12BNO/c10-8-4-1-7(2-5-8)3-6-9(11)12/h1-2,4-5H,3,6,10H2,(H2,11,12). The van der Waals surface area contributed by atoms with Crippen LogP contribution in [0.15, 0.2) is 24.3 Å². The summed E-state index contributed by atoms with van der Waals surface area (Å²) >= 11 is 0. The Bertz CT molecular complexity index is 268. The molecule has 2 nitrogen and oxygen atoms in total. The van der Waals surface area contributed by atoms with Crippen LogP contribution in [0.3, 0.4) is 0 Å². The van der Waals surface area contributed by atoms with Gasteiger partial charge in [-0.3, -0.25) is 4.79 Å². The van der Waals surface area contributed by atoms with E-state index in [0.29, 0.717) is 6.42 Å². The third-order valence-electron chi connectivity index (χ3n) is 1.78. The number of rotatable bonds is 3. The van der Waals surface area contributed by atoms with Crippen molar-refractivity contribution < 1.29 is 4.79 Å². The number of hydrogen-bond donors (Lipinski definition) is 1. The second kappa shape index (κ2) is 3.95. The molecule has 0 spiro atoms. The van der Waals surface area contributed by atoms with Crippen LogP contribution >= 0.6 is 0 Å². The van der Waals surface area contributed by atoms with Gasteiger partial charge in [0.1, 0.15) is 7.85 Å². The molecule has 0 heterocycles. The molecule has 12 heavy (non-hydrogen) atoms. The lowest BCUT2D eigenvalue weighted by Crippen LogP contribution is -2.11. The molecule has 0 radical (unpaired) electrons. The molecule has 1 aromatic carbocycles. The highest BCUT2D eigenvalue weighted by atomic mass is 16.1. The maximum Gasteiger partial charge on any atom is 0.217 e. The average molecular weight is 161 g/mol. The Morgan fingerprint density at radius 2 is 1.92 bits per heavy atom. The molecule has 0 bridgehead atoms. The van der Waals surface area contributed by atoms with Crippen LogP contribution < -0.4 is 11.2 Å². The number of carbonyl (C=O) groups excluding carboxylic acids is 1. The third-order valence-corrected chi connectivity index (χ3v) is 1.78. The van der Waals surface area contributed by atoms with Gasteiger partial charge >= 0.3 is 0 Å². The van der Waals surface area contributed by atoms with Gasteiger partial charge in [-0.1, -0.05) is 29.7 Å². The summed E-state index contributed by atoms with van der Waals surface area (Å²) in [7, 11) is 2.04. The van der Waals surface area contributed by atoms with E-state index in [4.69, 9.17) is 5.73 Å². The fourth-order valence-corrected chi connectivity index (χ4v) is 1.02. The van der Waals surface area contributed by atoms with Crippen LogP contribution in [0.2, 0.25) is 0 Å². The molecule has 0 fully saturated rings. The normalized spacial score (nSPS) is 9.67. The Morgan fingerprint density at radius 1 is 1.33 bits per heavy atom. The average Bonchev–Trinajstić information content (AvgIpc) is 2.03. The Hall–Kier alpha value is -1.25. The van der Waals surface area contributed by atoms with Crippen molar-refractivity contribution in [1.29, 1.82) is 0 Å². The molecular weight excluding hydrogens is 149 g/mol. The number of carbonyl (C=O) groups is 1. The Labute approximate surface area is 73.2 Å². The lowest BCUT2D eigenvalue weighted by molar-refractivity contribution is -0.117. The summed E-state index contributed by atoms with van der Waals surface area (Å²) in [6, 6.07) is 8.13. The van der Waals surface area contributed by atoms with Gasteiger partial charge in [0.25, 0.3) is 0 Å². The minimum Gasteiger partial charge on any atom is -0.370 e. The first-order valence-corrected chi connectivity index (χ1v) is 4.02. The largest absolute Gasteiger partial charge is 0.370 e. The number of aryl methyl sites for hydroxylation is 1. The zero-order valence-electron chi connectivity index (χ0n) is 7.21. The molecule has 0 aromatic heterocycles. The topological polar surface area (TPSA) is 43.1 Å². The first-order chi connectivity index (χ1) is 5.68. The molecule has 0 aliphatic carbocycles. The van der Waals surface area contributed by atoms with Gasteiger partial charge in [0.2, 0.25) is 5.91 Å². The van der Waals surface area contributed by atoms with E-state index in [0.717, 1.165) is 6.42 Å². The number of hydrogen-bond acceptors (Lipinski definition) is 1. The molecule has 1 rings (SSSR count). The summed E-state index contributed by atoms with van der Waals surface area (Å²) < 4.78 is 0. The highest BCUT2D eigenvalue weighted by Gasteiger charge is 1.95. The monoisotopic (exact) mass is 161 g/mol. The van der Waals surface area contributed by atoms with Crippen LogP contribution in [0.4, 0.5) is 0 Å². The van der Waals surface area contributed by atoms with Crippen molar-refractivity contribution in [3.05, 3.63) is 29.8 Å². The number of benzene rings is 1. The van der Waals surface area contributed by atoms with Gasteiger partial charge in [0.05, 0.1) is 0 Å². The summed E-state index contributed by atoms with van der Waals surface area (Å²) in [5, 5.41) is 0. The first-order valence-electron chi connectivity index (χ1n) is 4.02. The van der Waals surface area contributed by atoms with Crippen LogP contribution in [0, 0.1) is 0 Å². The summed E-state index contributed by atoms with van der Waals surface area (Å²) in [4.78, 5) is 10.5. The summed E-state index contributed by atoms with van der Waals surface area (Å²) in [6.07, 6.45) is 1.18. The van der Waals surface area contributed by atoms with Crippen LogP contribution in [-0.4, -0.2) is 13.8 Å². The van der Waals surface area contributed by atoms with Crippen molar-refractivity contribution in [2.45, 2.75) is 12.8 Å². The molecule has 1 aromatic rings. The van der Waals surface area contributed by atoms with Gasteiger partial charge in [-0.05, 0) is 12.0 Å². The Balaban J connectivity index is 2.53. The van der Waals surface area contributed by atoms with E-state index in [1.165, 1.54) is 11.0 Å². The van der Waals surface area contributed by atoms with Gasteiger partial charge in [-0.25, -0.2) is 0 Å².